The summed E-state index contributed by atoms with van der Waals surface area (Å²) in [6.45, 7) is 1.78. The Kier molecular flexibility index (Phi) is 5.33. The van der Waals surface area contributed by atoms with Crippen molar-refractivity contribution in [2.24, 2.45) is 0 Å². The van der Waals surface area contributed by atoms with E-state index in [0.29, 0.717) is 11.8 Å². The molecular formula is C11H11BrClF2NO. The zero-order valence-electron chi connectivity index (χ0n) is 9.07. The van der Waals surface area contributed by atoms with E-state index in [4.69, 9.17) is 11.6 Å². The quantitative estimate of drug-likeness (QED) is 0.666. The molecule has 0 radical (unpaired) electrons. The number of carbonyl (C=O) groups excluding carboxylic acids is 1. The number of alkyl halides is 1. The van der Waals surface area contributed by atoms with Gasteiger partial charge in [-0.15, -0.1) is 0 Å². The van der Waals surface area contributed by atoms with Crippen molar-refractivity contribution < 1.29 is 13.6 Å². The van der Waals surface area contributed by atoms with E-state index >= 15 is 0 Å². The maximum absolute atomic E-state index is 13.4. The van der Waals surface area contributed by atoms with Gasteiger partial charge in [0.05, 0.1) is 10.6 Å². The minimum atomic E-state index is -0.833. The highest BCUT2D eigenvalue weighted by Gasteiger charge is 2.16. The highest BCUT2D eigenvalue weighted by Crippen LogP contribution is 2.19. The predicted molar refractivity (Wildman–Crippen MR) is 66.7 cm³/mol. The summed E-state index contributed by atoms with van der Waals surface area (Å²) in [4.78, 5) is 11.6. The standard InChI is InChI=1S/C11H11BrClF2NO/c1-6(2-3-12)16-11(17)7-4-10(15)8(13)5-9(7)14/h4-6H,2-3H2,1H3,(H,16,17). The molecule has 6 heteroatoms. The van der Waals surface area contributed by atoms with Gasteiger partial charge in [0.25, 0.3) is 5.91 Å². The van der Waals surface area contributed by atoms with Gasteiger partial charge in [0.15, 0.2) is 0 Å². The summed E-state index contributed by atoms with van der Waals surface area (Å²) in [6.07, 6.45) is 0.698. The Morgan fingerprint density at radius 2 is 2.12 bits per heavy atom. The SMILES string of the molecule is CC(CCBr)NC(=O)c1cc(F)c(Cl)cc1F. The Bertz CT molecular complexity index is 428. The fourth-order valence-corrected chi connectivity index (χ4v) is 2.07. The second kappa shape index (κ2) is 6.31. The van der Waals surface area contributed by atoms with Crippen LogP contribution in [-0.4, -0.2) is 17.3 Å². The number of benzene rings is 1. The van der Waals surface area contributed by atoms with E-state index in [-0.39, 0.29) is 16.6 Å². The molecule has 2 nitrogen and oxygen atoms in total. The van der Waals surface area contributed by atoms with Crippen molar-refractivity contribution in [3.8, 4) is 0 Å². The molecule has 0 aromatic heterocycles. The molecule has 0 saturated carbocycles. The van der Waals surface area contributed by atoms with Crippen LogP contribution >= 0.6 is 27.5 Å². The summed E-state index contributed by atoms with van der Waals surface area (Å²) < 4.78 is 26.5. The number of hydrogen-bond donors (Lipinski definition) is 1. The van der Waals surface area contributed by atoms with E-state index < -0.39 is 17.5 Å². The van der Waals surface area contributed by atoms with Gasteiger partial charge in [-0.05, 0) is 25.5 Å². The monoisotopic (exact) mass is 325 g/mol. The summed E-state index contributed by atoms with van der Waals surface area (Å²) >= 11 is 8.62. The smallest absolute Gasteiger partial charge is 0.254 e. The van der Waals surface area contributed by atoms with Crippen molar-refractivity contribution in [1.82, 2.24) is 5.32 Å². The van der Waals surface area contributed by atoms with E-state index in [2.05, 4.69) is 21.2 Å². The topological polar surface area (TPSA) is 29.1 Å². The average Bonchev–Trinajstić information content (AvgIpc) is 2.23. The normalized spacial score (nSPS) is 12.3. The van der Waals surface area contributed by atoms with E-state index in [1.54, 1.807) is 6.92 Å². The van der Waals surface area contributed by atoms with Crippen LogP contribution in [0.15, 0.2) is 12.1 Å². The molecule has 0 saturated heterocycles. The first-order chi connectivity index (χ1) is 7.95. The third kappa shape index (κ3) is 3.92. The summed E-state index contributed by atoms with van der Waals surface area (Å²) in [5, 5.41) is 2.94. The number of nitrogens with one attached hydrogen (secondary N) is 1. The van der Waals surface area contributed by atoms with Gasteiger partial charge >= 0.3 is 0 Å². The lowest BCUT2D eigenvalue weighted by Gasteiger charge is -2.13. The zero-order valence-corrected chi connectivity index (χ0v) is 11.4. The number of hydrogen-bond acceptors (Lipinski definition) is 1. The molecule has 1 atom stereocenters. The van der Waals surface area contributed by atoms with Gasteiger partial charge < -0.3 is 5.32 Å². The van der Waals surface area contributed by atoms with Crippen LogP contribution < -0.4 is 5.32 Å². The molecule has 1 unspecified atom stereocenters. The molecule has 0 spiro atoms. The summed E-state index contributed by atoms with van der Waals surface area (Å²) in [5.41, 5.74) is -0.340. The van der Waals surface area contributed by atoms with Gasteiger partial charge in [-0.1, -0.05) is 27.5 Å². The lowest BCUT2D eigenvalue weighted by molar-refractivity contribution is 0.0935. The van der Waals surface area contributed by atoms with Crippen molar-refractivity contribution >= 4 is 33.4 Å². The molecule has 0 aliphatic rings. The molecule has 0 aliphatic carbocycles. The van der Waals surface area contributed by atoms with Crippen LogP contribution in [0.2, 0.25) is 5.02 Å². The minimum absolute atomic E-state index is 0.125. The second-order valence-corrected chi connectivity index (χ2v) is 4.80. The molecule has 1 amide bonds. The Morgan fingerprint density at radius 1 is 1.47 bits per heavy atom. The molecule has 1 N–H and O–H groups in total. The van der Waals surface area contributed by atoms with Crippen LogP contribution in [0.3, 0.4) is 0 Å². The van der Waals surface area contributed by atoms with Crippen LogP contribution in [0.1, 0.15) is 23.7 Å². The Balaban J connectivity index is 2.86. The van der Waals surface area contributed by atoms with Gasteiger partial charge in [0, 0.05) is 11.4 Å². The Labute approximate surface area is 111 Å². The third-order valence-electron chi connectivity index (χ3n) is 2.17. The first-order valence-corrected chi connectivity index (χ1v) is 6.47. The minimum Gasteiger partial charge on any atom is -0.349 e. The molecule has 1 rings (SSSR count). The largest absolute Gasteiger partial charge is 0.349 e. The molecule has 94 valence electrons. The number of rotatable bonds is 4. The Morgan fingerprint density at radius 3 is 2.71 bits per heavy atom. The molecular weight excluding hydrogens is 315 g/mol. The first-order valence-electron chi connectivity index (χ1n) is 4.97. The molecule has 0 fully saturated rings. The molecule has 1 aromatic rings. The molecule has 0 heterocycles. The number of amides is 1. The fourth-order valence-electron chi connectivity index (χ4n) is 1.23. The highest BCUT2D eigenvalue weighted by molar-refractivity contribution is 9.09. The van der Waals surface area contributed by atoms with Gasteiger partial charge in [-0.25, -0.2) is 8.78 Å². The van der Waals surface area contributed by atoms with Crippen LogP contribution in [0.4, 0.5) is 8.78 Å². The Hall–Kier alpha value is -0.680. The first kappa shape index (κ1) is 14.4. The van der Waals surface area contributed by atoms with Crippen LogP contribution in [-0.2, 0) is 0 Å². The molecule has 0 aliphatic heterocycles. The van der Waals surface area contributed by atoms with Crippen LogP contribution in [0.5, 0.6) is 0 Å². The summed E-state index contributed by atoms with van der Waals surface area (Å²) in [7, 11) is 0. The predicted octanol–water partition coefficient (Wildman–Crippen LogP) is 3.52. The summed E-state index contributed by atoms with van der Waals surface area (Å²) in [5.74, 6) is -2.29. The van der Waals surface area contributed by atoms with E-state index in [0.717, 1.165) is 12.1 Å². The third-order valence-corrected chi connectivity index (χ3v) is 2.92. The maximum Gasteiger partial charge on any atom is 0.254 e. The van der Waals surface area contributed by atoms with Crippen molar-refractivity contribution in [3.63, 3.8) is 0 Å². The van der Waals surface area contributed by atoms with E-state index in [1.165, 1.54) is 0 Å². The van der Waals surface area contributed by atoms with Crippen LogP contribution in [0, 0.1) is 11.6 Å². The van der Waals surface area contributed by atoms with E-state index in [1.807, 2.05) is 0 Å². The van der Waals surface area contributed by atoms with Crippen LogP contribution in [0.25, 0.3) is 0 Å². The molecule has 1 aromatic carbocycles. The second-order valence-electron chi connectivity index (χ2n) is 3.60. The molecule has 17 heavy (non-hydrogen) atoms. The number of carbonyl (C=O) groups is 1. The van der Waals surface area contributed by atoms with Crippen molar-refractivity contribution in [2.75, 3.05) is 5.33 Å². The number of halogens is 4. The van der Waals surface area contributed by atoms with Gasteiger partial charge in [-0.3, -0.25) is 4.79 Å². The fraction of sp³-hybridized carbons (Fsp3) is 0.364. The highest BCUT2D eigenvalue weighted by atomic mass is 79.9. The zero-order chi connectivity index (χ0) is 13.0. The summed E-state index contributed by atoms with van der Waals surface area (Å²) in [6, 6.07) is 1.47. The van der Waals surface area contributed by atoms with Gasteiger partial charge in [-0.2, -0.15) is 0 Å². The van der Waals surface area contributed by atoms with Gasteiger partial charge in [0.2, 0.25) is 0 Å². The average molecular weight is 327 g/mol. The lowest BCUT2D eigenvalue weighted by atomic mass is 10.1. The van der Waals surface area contributed by atoms with Crippen molar-refractivity contribution in [2.45, 2.75) is 19.4 Å². The van der Waals surface area contributed by atoms with E-state index in [9.17, 15) is 13.6 Å². The molecule has 0 bridgehead atoms. The lowest BCUT2D eigenvalue weighted by Crippen LogP contribution is -2.33. The van der Waals surface area contributed by atoms with Crippen molar-refractivity contribution in [3.05, 3.63) is 34.4 Å². The van der Waals surface area contributed by atoms with Gasteiger partial charge in [0.1, 0.15) is 11.6 Å². The van der Waals surface area contributed by atoms with Crippen molar-refractivity contribution in [1.29, 1.82) is 0 Å². The maximum atomic E-state index is 13.4.